The van der Waals surface area contributed by atoms with Gasteiger partial charge in [-0.15, -0.1) is 0 Å². The first kappa shape index (κ1) is 13.7. The number of phenolic OH excluding ortho intramolecular Hbond substituents is 1. The fourth-order valence-corrected chi connectivity index (χ4v) is 1.26. The Morgan fingerprint density at radius 1 is 1.50 bits per heavy atom. The molecule has 1 rings (SSSR count). The van der Waals surface area contributed by atoms with E-state index in [-0.39, 0.29) is 17.9 Å². The number of ether oxygens (including phenoxy) is 1. The van der Waals surface area contributed by atoms with Crippen molar-refractivity contribution in [2.45, 2.75) is 12.5 Å². The molecule has 18 heavy (non-hydrogen) atoms. The molecule has 0 amide bonds. The zero-order chi connectivity index (χ0) is 13.7. The van der Waals surface area contributed by atoms with Gasteiger partial charge in [-0.3, -0.25) is 4.79 Å². The molecule has 0 fully saturated rings. The molecule has 0 saturated heterocycles. The van der Waals surface area contributed by atoms with Crippen molar-refractivity contribution in [2.75, 3.05) is 0 Å². The molecular formula is C12H13NO5. The number of carboxylic acid groups (broad SMARTS) is 1. The number of nitrogens with two attached hydrogens (primary N) is 1. The molecule has 1 atom stereocenters. The van der Waals surface area contributed by atoms with Crippen molar-refractivity contribution in [2.24, 2.45) is 5.73 Å². The number of carbonyl (C=O) groups is 2. The molecular weight excluding hydrogens is 238 g/mol. The highest BCUT2D eigenvalue weighted by Crippen LogP contribution is 2.27. The first-order chi connectivity index (χ1) is 8.43. The van der Waals surface area contributed by atoms with Crippen LogP contribution < -0.4 is 10.5 Å². The standard InChI is InChI=1S/C12H13NO5/c1-2-11(15)18-10-6-7(3-4-9(10)14)5-8(13)12(16)17/h2-4,6,8,14H,1,5,13H2,(H,16,17)/t8-/m0/s1. The zero-order valence-corrected chi connectivity index (χ0v) is 9.50. The zero-order valence-electron chi connectivity index (χ0n) is 9.50. The lowest BCUT2D eigenvalue weighted by Crippen LogP contribution is -2.32. The number of phenols is 1. The molecule has 0 aliphatic carbocycles. The topological polar surface area (TPSA) is 110 Å². The van der Waals surface area contributed by atoms with Crippen LogP contribution in [0.5, 0.6) is 11.5 Å². The number of benzene rings is 1. The highest BCUT2D eigenvalue weighted by molar-refractivity contribution is 5.83. The Balaban J connectivity index is 2.89. The van der Waals surface area contributed by atoms with E-state index in [1.807, 2.05) is 0 Å². The molecule has 96 valence electrons. The van der Waals surface area contributed by atoms with Gasteiger partial charge in [0, 0.05) is 6.08 Å². The predicted molar refractivity (Wildman–Crippen MR) is 63.3 cm³/mol. The average molecular weight is 251 g/mol. The van der Waals surface area contributed by atoms with Crippen molar-refractivity contribution >= 4 is 11.9 Å². The third kappa shape index (κ3) is 3.60. The Morgan fingerprint density at radius 2 is 2.17 bits per heavy atom. The monoisotopic (exact) mass is 251 g/mol. The summed E-state index contributed by atoms with van der Waals surface area (Å²) in [5.74, 6) is -2.13. The number of hydrogen-bond acceptors (Lipinski definition) is 5. The van der Waals surface area contributed by atoms with E-state index in [4.69, 9.17) is 15.6 Å². The van der Waals surface area contributed by atoms with Gasteiger partial charge in [0.15, 0.2) is 11.5 Å². The first-order valence-corrected chi connectivity index (χ1v) is 5.08. The van der Waals surface area contributed by atoms with Gasteiger partial charge in [0.25, 0.3) is 0 Å². The molecule has 0 aliphatic rings. The van der Waals surface area contributed by atoms with Gasteiger partial charge in [0.2, 0.25) is 0 Å². The summed E-state index contributed by atoms with van der Waals surface area (Å²) in [6.45, 7) is 3.23. The molecule has 0 spiro atoms. The van der Waals surface area contributed by atoms with E-state index in [9.17, 15) is 14.7 Å². The van der Waals surface area contributed by atoms with Crippen molar-refractivity contribution in [3.63, 3.8) is 0 Å². The molecule has 0 saturated carbocycles. The smallest absolute Gasteiger partial charge is 0.335 e. The van der Waals surface area contributed by atoms with Crippen LogP contribution in [-0.2, 0) is 16.0 Å². The molecule has 0 aliphatic heterocycles. The van der Waals surface area contributed by atoms with Gasteiger partial charge in [-0.05, 0) is 24.1 Å². The normalized spacial score (nSPS) is 11.6. The number of carboxylic acids is 1. The fourth-order valence-electron chi connectivity index (χ4n) is 1.26. The van der Waals surface area contributed by atoms with Gasteiger partial charge in [-0.25, -0.2) is 4.79 Å². The van der Waals surface area contributed by atoms with Gasteiger partial charge >= 0.3 is 11.9 Å². The van der Waals surface area contributed by atoms with E-state index in [1.54, 1.807) is 0 Å². The summed E-state index contributed by atoms with van der Waals surface area (Å²) in [6, 6.07) is 3.11. The summed E-state index contributed by atoms with van der Waals surface area (Å²) >= 11 is 0. The number of rotatable bonds is 5. The summed E-state index contributed by atoms with van der Waals surface area (Å²) in [5.41, 5.74) is 5.91. The van der Waals surface area contributed by atoms with Crippen LogP contribution in [0.4, 0.5) is 0 Å². The average Bonchev–Trinajstić information content (AvgIpc) is 2.33. The van der Waals surface area contributed by atoms with Crippen LogP contribution in [0.1, 0.15) is 5.56 Å². The number of aliphatic carboxylic acids is 1. The maximum absolute atomic E-state index is 11.0. The number of hydrogen-bond donors (Lipinski definition) is 3. The molecule has 0 bridgehead atoms. The predicted octanol–water partition coefficient (Wildman–Crippen LogP) is 0.438. The highest BCUT2D eigenvalue weighted by Gasteiger charge is 2.14. The van der Waals surface area contributed by atoms with Gasteiger partial charge < -0.3 is 20.7 Å². The minimum absolute atomic E-state index is 0.0602. The van der Waals surface area contributed by atoms with Crippen LogP contribution in [-0.4, -0.2) is 28.2 Å². The van der Waals surface area contributed by atoms with E-state index >= 15 is 0 Å². The number of esters is 1. The lowest BCUT2D eigenvalue weighted by atomic mass is 10.1. The Morgan fingerprint density at radius 3 is 2.72 bits per heavy atom. The summed E-state index contributed by atoms with van der Waals surface area (Å²) < 4.78 is 4.78. The van der Waals surface area contributed by atoms with Crippen LogP contribution >= 0.6 is 0 Å². The minimum atomic E-state index is -1.13. The van der Waals surface area contributed by atoms with Crippen LogP contribution in [0.3, 0.4) is 0 Å². The van der Waals surface area contributed by atoms with Crippen molar-refractivity contribution < 1.29 is 24.5 Å². The van der Waals surface area contributed by atoms with Gasteiger partial charge in [0.05, 0.1) is 0 Å². The second-order valence-electron chi connectivity index (χ2n) is 3.58. The Hall–Kier alpha value is -2.34. The number of aromatic hydroxyl groups is 1. The lowest BCUT2D eigenvalue weighted by molar-refractivity contribution is -0.138. The van der Waals surface area contributed by atoms with E-state index in [2.05, 4.69) is 6.58 Å². The quantitative estimate of drug-likeness (QED) is 0.398. The van der Waals surface area contributed by atoms with Crippen LogP contribution in [0.25, 0.3) is 0 Å². The van der Waals surface area contributed by atoms with Crippen molar-refractivity contribution in [3.05, 3.63) is 36.4 Å². The first-order valence-electron chi connectivity index (χ1n) is 5.08. The molecule has 6 nitrogen and oxygen atoms in total. The molecule has 4 N–H and O–H groups in total. The van der Waals surface area contributed by atoms with Gasteiger partial charge in [-0.2, -0.15) is 0 Å². The summed E-state index contributed by atoms with van der Waals surface area (Å²) in [6.07, 6.45) is 1.02. The van der Waals surface area contributed by atoms with E-state index in [1.165, 1.54) is 18.2 Å². The Labute approximate surface area is 103 Å². The molecule has 0 unspecified atom stereocenters. The summed E-state index contributed by atoms with van der Waals surface area (Å²) in [7, 11) is 0. The van der Waals surface area contributed by atoms with E-state index in [0.29, 0.717) is 5.56 Å². The fraction of sp³-hybridized carbons (Fsp3) is 0.167. The maximum Gasteiger partial charge on any atom is 0.335 e. The van der Waals surface area contributed by atoms with Gasteiger partial charge in [-0.1, -0.05) is 12.6 Å². The Bertz CT molecular complexity index is 483. The Kier molecular flexibility index (Phi) is 4.45. The molecule has 6 heteroatoms. The molecule has 0 aromatic heterocycles. The molecule has 0 radical (unpaired) electrons. The van der Waals surface area contributed by atoms with Crippen molar-refractivity contribution in [1.29, 1.82) is 0 Å². The van der Waals surface area contributed by atoms with Crippen LogP contribution in [0.2, 0.25) is 0 Å². The summed E-state index contributed by atoms with van der Waals surface area (Å²) in [5, 5.41) is 18.1. The highest BCUT2D eigenvalue weighted by atomic mass is 16.5. The molecule has 1 aromatic rings. The lowest BCUT2D eigenvalue weighted by Gasteiger charge is -2.09. The second-order valence-corrected chi connectivity index (χ2v) is 3.58. The van der Waals surface area contributed by atoms with Crippen LogP contribution in [0, 0.1) is 0 Å². The van der Waals surface area contributed by atoms with E-state index < -0.39 is 18.0 Å². The SMILES string of the molecule is C=CC(=O)Oc1cc(C[C@H](N)C(=O)O)ccc1O. The maximum atomic E-state index is 11.0. The molecule has 0 heterocycles. The third-order valence-electron chi connectivity index (χ3n) is 2.17. The minimum Gasteiger partial charge on any atom is -0.504 e. The van der Waals surface area contributed by atoms with Crippen LogP contribution in [0.15, 0.2) is 30.9 Å². The van der Waals surface area contributed by atoms with Crippen molar-refractivity contribution in [3.8, 4) is 11.5 Å². The second kappa shape index (κ2) is 5.83. The van der Waals surface area contributed by atoms with Gasteiger partial charge in [0.1, 0.15) is 6.04 Å². The van der Waals surface area contributed by atoms with Crippen molar-refractivity contribution in [1.82, 2.24) is 0 Å². The van der Waals surface area contributed by atoms with E-state index in [0.717, 1.165) is 6.08 Å². The third-order valence-corrected chi connectivity index (χ3v) is 2.17. The largest absolute Gasteiger partial charge is 0.504 e. The summed E-state index contributed by atoms with van der Waals surface area (Å²) in [4.78, 5) is 21.6. The number of carbonyl (C=O) groups excluding carboxylic acids is 1. The molecule has 1 aromatic carbocycles.